The summed E-state index contributed by atoms with van der Waals surface area (Å²) in [6, 6.07) is 0. The summed E-state index contributed by atoms with van der Waals surface area (Å²) in [5.41, 5.74) is -0.776. The lowest BCUT2D eigenvalue weighted by molar-refractivity contribution is -0.307. The van der Waals surface area contributed by atoms with Crippen molar-refractivity contribution in [3.05, 3.63) is 0 Å². The van der Waals surface area contributed by atoms with Crippen LogP contribution in [0.5, 0.6) is 0 Å². The third kappa shape index (κ3) is 9.60. The van der Waals surface area contributed by atoms with E-state index >= 15 is 0 Å². The highest BCUT2D eigenvalue weighted by Gasteiger charge is 2.53. The van der Waals surface area contributed by atoms with E-state index in [1.165, 1.54) is 0 Å². The van der Waals surface area contributed by atoms with Crippen molar-refractivity contribution in [2.75, 3.05) is 13.2 Å². The second kappa shape index (κ2) is 11.8. The maximum Gasteiger partial charge on any atom is 0.332 e. The summed E-state index contributed by atoms with van der Waals surface area (Å²) in [4.78, 5) is 58.4. The molecule has 0 aliphatic carbocycles. The molecule has 0 aromatic carbocycles. The maximum absolute atomic E-state index is 12.1. The first-order valence-corrected chi connectivity index (χ1v) is 9.83. The average molecular weight is 462 g/mol. The van der Waals surface area contributed by atoms with Crippen molar-refractivity contribution in [1.29, 1.82) is 0 Å². The van der Waals surface area contributed by atoms with Gasteiger partial charge in [-0.15, -0.1) is 0 Å². The third-order valence-corrected chi connectivity index (χ3v) is 3.73. The minimum Gasteiger partial charge on any atom is -0.463 e. The standard InChI is InChI=1S/C20H30O12/c1-10(21)26-8-14-16(28-11(2)22)17(29-12(3)23)18(30-13(4)24)19(31-14)27-9-15(25)32-20(5,6)7/h14,16-19H,8-9H2,1-7H3/t14-,16-,17+,18-,19+/m1/s1. The van der Waals surface area contributed by atoms with Crippen LogP contribution in [-0.2, 0) is 57.1 Å². The number of rotatable bonds is 8. The van der Waals surface area contributed by atoms with Crippen molar-refractivity contribution in [3.63, 3.8) is 0 Å². The lowest BCUT2D eigenvalue weighted by Crippen LogP contribution is -2.63. The second-order valence-corrected chi connectivity index (χ2v) is 7.97. The van der Waals surface area contributed by atoms with Crippen LogP contribution in [-0.4, -0.2) is 79.4 Å². The molecular formula is C20H30O12. The minimum atomic E-state index is -1.44. The molecule has 0 radical (unpaired) electrons. The molecule has 12 nitrogen and oxygen atoms in total. The molecule has 0 unspecified atom stereocenters. The Bertz CT molecular complexity index is 710. The molecule has 0 aromatic heterocycles. The Balaban J connectivity index is 3.23. The molecule has 1 rings (SSSR count). The largest absolute Gasteiger partial charge is 0.463 e. The fraction of sp³-hybridized carbons (Fsp3) is 0.750. The predicted octanol–water partition coefficient (Wildman–Crippen LogP) is 0.428. The van der Waals surface area contributed by atoms with Gasteiger partial charge < -0.3 is 33.2 Å². The number of ether oxygens (including phenoxy) is 7. The zero-order chi connectivity index (χ0) is 24.6. The SMILES string of the molecule is CC(=O)OC[C@H]1O[C@H](OCC(=O)OC(C)(C)C)[C@H](OC(C)=O)[C@@H](OC(C)=O)[C@@H]1OC(C)=O. The molecule has 0 aromatic rings. The Labute approximate surface area is 185 Å². The molecular weight excluding hydrogens is 432 g/mol. The Morgan fingerprint density at radius 1 is 0.750 bits per heavy atom. The third-order valence-electron chi connectivity index (χ3n) is 3.73. The summed E-state index contributed by atoms with van der Waals surface area (Å²) in [6.07, 6.45) is -6.69. The summed E-state index contributed by atoms with van der Waals surface area (Å²) >= 11 is 0. The molecule has 0 saturated carbocycles. The fourth-order valence-electron chi connectivity index (χ4n) is 2.84. The van der Waals surface area contributed by atoms with Gasteiger partial charge in [0.05, 0.1) is 0 Å². The van der Waals surface area contributed by atoms with E-state index in [0.29, 0.717) is 0 Å². The fourth-order valence-corrected chi connectivity index (χ4v) is 2.84. The van der Waals surface area contributed by atoms with Crippen LogP contribution in [0.2, 0.25) is 0 Å². The number of carbonyl (C=O) groups is 5. The molecule has 12 heteroatoms. The van der Waals surface area contributed by atoms with Crippen molar-refractivity contribution in [2.45, 2.75) is 84.8 Å². The number of esters is 5. The predicted molar refractivity (Wildman–Crippen MR) is 104 cm³/mol. The Kier molecular flexibility index (Phi) is 10.0. The minimum absolute atomic E-state index is 0.399. The summed E-state index contributed by atoms with van der Waals surface area (Å²) in [7, 11) is 0. The van der Waals surface area contributed by atoms with Crippen LogP contribution in [0.25, 0.3) is 0 Å². The van der Waals surface area contributed by atoms with E-state index in [9.17, 15) is 24.0 Å². The normalized spacial score (nSPS) is 25.3. The molecule has 0 bridgehead atoms. The molecule has 0 N–H and O–H groups in total. The van der Waals surface area contributed by atoms with Crippen LogP contribution < -0.4 is 0 Å². The zero-order valence-electron chi connectivity index (χ0n) is 19.2. The van der Waals surface area contributed by atoms with Crippen molar-refractivity contribution >= 4 is 29.8 Å². The van der Waals surface area contributed by atoms with Gasteiger partial charge in [0.2, 0.25) is 0 Å². The highest BCUT2D eigenvalue weighted by Crippen LogP contribution is 2.30. The number of carbonyl (C=O) groups excluding carboxylic acids is 5. The maximum atomic E-state index is 12.1. The molecule has 1 fully saturated rings. The van der Waals surface area contributed by atoms with Gasteiger partial charge in [0, 0.05) is 27.7 Å². The van der Waals surface area contributed by atoms with Crippen LogP contribution in [0.1, 0.15) is 48.5 Å². The van der Waals surface area contributed by atoms with Gasteiger partial charge in [-0.05, 0) is 20.8 Å². The van der Waals surface area contributed by atoms with E-state index in [1.54, 1.807) is 20.8 Å². The van der Waals surface area contributed by atoms with Crippen molar-refractivity contribution in [1.82, 2.24) is 0 Å². The van der Waals surface area contributed by atoms with Gasteiger partial charge in [-0.2, -0.15) is 0 Å². The van der Waals surface area contributed by atoms with Crippen LogP contribution in [0.4, 0.5) is 0 Å². The topological polar surface area (TPSA) is 150 Å². The molecule has 1 aliphatic heterocycles. The first-order chi connectivity index (χ1) is 14.7. The van der Waals surface area contributed by atoms with E-state index < -0.39 is 79.4 Å². The number of hydrogen-bond acceptors (Lipinski definition) is 12. The summed E-state index contributed by atoms with van der Waals surface area (Å²) in [5.74, 6) is -3.68. The van der Waals surface area contributed by atoms with E-state index in [2.05, 4.69) is 0 Å². The van der Waals surface area contributed by atoms with Crippen LogP contribution >= 0.6 is 0 Å². The molecule has 182 valence electrons. The lowest BCUT2D eigenvalue weighted by Gasteiger charge is -2.43. The smallest absolute Gasteiger partial charge is 0.332 e. The Morgan fingerprint density at radius 2 is 1.25 bits per heavy atom. The van der Waals surface area contributed by atoms with Gasteiger partial charge >= 0.3 is 29.8 Å². The summed E-state index contributed by atoms with van der Waals surface area (Å²) < 4.78 is 37.0. The Morgan fingerprint density at radius 3 is 1.72 bits per heavy atom. The van der Waals surface area contributed by atoms with Crippen molar-refractivity contribution in [2.24, 2.45) is 0 Å². The average Bonchev–Trinajstić information content (AvgIpc) is 2.59. The van der Waals surface area contributed by atoms with Crippen molar-refractivity contribution < 1.29 is 57.1 Å². The quantitative estimate of drug-likeness (QED) is 0.363. The van der Waals surface area contributed by atoms with E-state index in [-0.39, 0.29) is 0 Å². The van der Waals surface area contributed by atoms with Gasteiger partial charge in [0.15, 0.2) is 24.6 Å². The molecule has 1 aliphatic rings. The molecule has 0 spiro atoms. The first kappa shape index (κ1) is 27.3. The van der Waals surface area contributed by atoms with Gasteiger partial charge in [0.1, 0.15) is 24.9 Å². The van der Waals surface area contributed by atoms with Crippen LogP contribution in [0, 0.1) is 0 Å². The highest BCUT2D eigenvalue weighted by atomic mass is 16.7. The molecule has 32 heavy (non-hydrogen) atoms. The van der Waals surface area contributed by atoms with E-state index in [1.807, 2.05) is 0 Å². The first-order valence-electron chi connectivity index (χ1n) is 9.83. The monoisotopic (exact) mass is 462 g/mol. The molecule has 1 saturated heterocycles. The van der Waals surface area contributed by atoms with Gasteiger partial charge in [-0.3, -0.25) is 19.2 Å². The molecule has 5 atom stereocenters. The van der Waals surface area contributed by atoms with Crippen molar-refractivity contribution in [3.8, 4) is 0 Å². The number of hydrogen-bond donors (Lipinski definition) is 0. The van der Waals surface area contributed by atoms with Gasteiger partial charge in [-0.1, -0.05) is 0 Å². The molecule has 0 amide bonds. The van der Waals surface area contributed by atoms with Crippen LogP contribution in [0.3, 0.4) is 0 Å². The molecule has 1 heterocycles. The van der Waals surface area contributed by atoms with E-state index in [4.69, 9.17) is 33.2 Å². The zero-order valence-corrected chi connectivity index (χ0v) is 19.2. The summed E-state index contributed by atoms with van der Waals surface area (Å²) in [6.45, 7) is 8.47. The lowest BCUT2D eigenvalue weighted by atomic mass is 9.98. The van der Waals surface area contributed by atoms with Gasteiger partial charge in [0.25, 0.3) is 0 Å². The van der Waals surface area contributed by atoms with E-state index in [0.717, 1.165) is 27.7 Å². The Hall–Kier alpha value is -2.73. The second-order valence-electron chi connectivity index (χ2n) is 7.97. The highest BCUT2D eigenvalue weighted by molar-refractivity contribution is 5.71. The van der Waals surface area contributed by atoms with Crippen LogP contribution in [0.15, 0.2) is 0 Å². The summed E-state index contributed by atoms with van der Waals surface area (Å²) in [5, 5.41) is 0. The van der Waals surface area contributed by atoms with Gasteiger partial charge in [-0.25, -0.2) is 4.79 Å².